The van der Waals surface area contributed by atoms with E-state index in [1.165, 1.54) is 18.2 Å². The number of anilines is 1. The van der Waals surface area contributed by atoms with Crippen LogP contribution in [0.15, 0.2) is 42.5 Å². The monoisotopic (exact) mass is 363 g/mol. The first-order valence-corrected chi connectivity index (χ1v) is 7.83. The Morgan fingerprint density at radius 2 is 1.76 bits per heavy atom. The largest absolute Gasteiger partial charge is 0.478 e. The molecule has 2 aromatic carbocycles. The molecule has 2 N–H and O–H groups in total. The van der Waals surface area contributed by atoms with Gasteiger partial charge in [-0.1, -0.05) is 23.7 Å². The van der Waals surface area contributed by atoms with Gasteiger partial charge in [0.05, 0.1) is 16.3 Å². The van der Waals surface area contributed by atoms with Crippen molar-refractivity contribution in [2.24, 2.45) is 0 Å². The summed E-state index contributed by atoms with van der Waals surface area (Å²) in [7, 11) is 0. The number of aromatic carboxylic acids is 1. The quantitative estimate of drug-likeness (QED) is 0.782. The van der Waals surface area contributed by atoms with Gasteiger partial charge in [0.25, 0.3) is 0 Å². The van der Waals surface area contributed by atoms with Gasteiger partial charge in [0.2, 0.25) is 0 Å². The van der Waals surface area contributed by atoms with Crippen LogP contribution in [0.3, 0.4) is 0 Å². The van der Waals surface area contributed by atoms with Gasteiger partial charge in [0.15, 0.2) is 5.75 Å². The number of rotatable bonds is 4. The Hall–Kier alpha value is -2.73. The van der Waals surface area contributed by atoms with Crippen molar-refractivity contribution in [2.45, 2.75) is 26.4 Å². The van der Waals surface area contributed by atoms with Crippen molar-refractivity contribution in [3.05, 3.63) is 53.1 Å². The molecule has 6 nitrogen and oxygen atoms in total. The Balaban J connectivity index is 2.34. The van der Waals surface area contributed by atoms with Crippen LogP contribution in [0.5, 0.6) is 11.5 Å². The lowest BCUT2D eigenvalue weighted by Gasteiger charge is -2.20. The number of para-hydroxylation sites is 1. The average Bonchev–Trinajstić information content (AvgIpc) is 2.49. The first-order chi connectivity index (χ1) is 11.7. The molecule has 0 spiro atoms. The SMILES string of the molecule is CC(C)(C)OC(=O)Nc1cc(C(=O)O)ccc1Oc1ccccc1Cl. The lowest BCUT2D eigenvalue weighted by atomic mass is 10.2. The van der Waals surface area contributed by atoms with Gasteiger partial charge < -0.3 is 14.6 Å². The predicted octanol–water partition coefficient (Wildman–Crippen LogP) is 5.18. The van der Waals surface area contributed by atoms with Crippen molar-refractivity contribution in [3.8, 4) is 11.5 Å². The summed E-state index contributed by atoms with van der Waals surface area (Å²) in [4.78, 5) is 23.2. The second-order valence-corrected chi connectivity index (χ2v) is 6.58. The first kappa shape index (κ1) is 18.6. The molecule has 0 saturated heterocycles. The predicted molar refractivity (Wildman–Crippen MR) is 94.8 cm³/mol. The van der Waals surface area contributed by atoms with Gasteiger partial charge in [-0.05, 0) is 51.1 Å². The molecule has 25 heavy (non-hydrogen) atoms. The molecule has 132 valence electrons. The van der Waals surface area contributed by atoms with Crippen molar-refractivity contribution in [2.75, 3.05) is 5.32 Å². The van der Waals surface area contributed by atoms with E-state index in [9.17, 15) is 9.59 Å². The third-order valence-corrected chi connectivity index (χ3v) is 3.23. The van der Waals surface area contributed by atoms with E-state index in [0.29, 0.717) is 10.8 Å². The summed E-state index contributed by atoms with van der Waals surface area (Å²) in [6, 6.07) is 10.9. The number of amides is 1. The molecule has 0 aliphatic heterocycles. The average molecular weight is 364 g/mol. The van der Waals surface area contributed by atoms with Crippen LogP contribution in [-0.2, 0) is 4.74 Å². The van der Waals surface area contributed by atoms with Crippen LogP contribution in [0.4, 0.5) is 10.5 Å². The van der Waals surface area contributed by atoms with Gasteiger partial charge in [-0.25, -0.2) is 9.59 Å². The van der Waals surface area contributed by atoms with E-state index in [0.717, 1.165) is 0 Å². The molecule has 1 amide bonds. The van der Waals surface area contributed by atoms with Crippen molar-refractivity contribution < 1.29 is 24.2 Å². The molecular formula is C18H18ClNO5. The van der Waals surface area contributed by atoms with Crippen molar-refractivity contribution >= 4 is 29.4 Å². The number of hydrogen-bond acceptors (Lipinski definition) is 4. The fourth-order valence-electron chi connectivity index (χ4n) is 1.91. The number of benzene rings is 2. The molecule has 0 fully saturated rings. The maximum Gasteiger partial charge on any atom is 0.412 e. The molecule has 0 aromatic heterocycles. The summed E-state index contributed by atoms with van der Waals surface area (Å²) >= 11 is 6.07. The van der Waals surface area contributed by atoms with E-state index in [-0.39, 0.29) is 17.0 Å². The highest BCUT2D eigenvalue weighted by atomic mass is 35.5. The maximum atomic E-state index is 12.0. The van der Waals surface area contributed by atoms with Crippen LogP contribution < -0.4 is 10.1 Å². The fraction of sp³-hybridized carbons (Fsp3) is 0.222. The highest BCUT2D eigenvalue weighted by molar-refractivity contribution is 6.32. The molecule has 0 bridgehead atoms. The van der Waals surface area contributed by atoms with Crippen molar-refractivity contribution in [3.63, 3.8) is 0 Å². The van der Waals surface area contributed by atoms with E-state index in [1.54, 1.807) is 45.0 Å². The molecule has 0 saturated carbocycles. The smallest absolute Gasteiger partial charge is 0.412 e. The van der Waals surface area contributed by atoms with Gasteiger partial charge in [-0.2, -0.15) is 0 Å². The third kappa shape index (κ3) is 5.39. The van der Waals surface area contributed by atoms with Crippen LogP contribution in [0.25, 0.3) is 0 Å². The summed E-state index contributed by atoms with van der Waals surface area (Å²) in [5.74, 6) is -0.514. The van der Waals surface area contributed by atoms with Crippen LogP contribution >= 0.6 is 11.6 Å². The Morgan fingerprint density at radius 3 is 2.36 bits per heavy atom. The number of carbonyl (C=O) groups is 2. The highest BCUT2D eigenvalue weighted by Gasteiger charge is 2.19. The second kappa shape index (κ2) is 7.44. The fourth-order valence-corrected chi connectivity index (χ4v) is 2.08. The standard InChI is InChI=1S/C18H18ClNO5/c1-18(2,3)25-17(23)20-13-10-11(16(21)22)8-9-15(13)24-14-7-5-4-6-12(14)19/h4-10H,1-3H3,(H,20,23)(H,21,22). The summed E-state index contributed by atoms with van der Waals surface area (Å²) in [5.41, 5.74) is -0.537. The van der Waals surface area contributed by atoms with E-state index < -0.39 is 17.7 Å². The zero-order valence-electron chi connectivity index (χ0n) is 14.0. The Morgan fingerprint density at radius 1 is 1.08 bits per heavy atom. The van der Waals surface area contributed by atoms with Crippen LogP contribution in [0, 0.1) is 0 Å². The molecule has 2 aromatic rings. The van der Waals surface area contributed by atoms with E-state index >= 15 is 0 Å². The lowest BCUT2D eigenvalue weighted by molar-refractivity contribution is 0.0632. The van der Waals surface area contributed by atoms with Gasteiger partial charge in [0, 0.05) is 0 Å². The number of carboxylic acid groups (broad SMARTS) is 1. The molecule has 0 unspecified atom stereocenters. The number of ether oxygens (including phenoxy) is 2. The summed E-state index contributed by atoms with van der Waals surface area (Å²) in [6.45, 7) is 5.17. The molecule has 2 rings (SSSR count). The molecule has 7 heteroatoms. The molecule has 0 radical (unpaired) electrons. The Bertz CT molecular complexity index is 798. The highest BCUT2D eigenvalue weighted by Crippen LogP contribution is 2.34. The Kier molecular flexibility index (Phi) is 5.54. The van der Waals surface area contributed by atoms with Crippen molar-refractivity contribution in [1.82, 2.24) is 0 Å². The van der Waals surface area contributed by atoms with E-state index in [4.69, 9.17) is 26.2 Å². The zero-order chi connectivity index (χ0) is 18.6. The summed E-state index contributed by atoms with van der Waals surface area (Å²) in [6.07, 6.45) is -0.723. The normalized spacial score (nSPS) is 10.9. The molecule has 0 aliphatic carbocycles. The summed E-state index contributed by atoms with van der Waals surface area (Å²) in [5, 5.41) is 12.0. The van der Waals surface area contributed by atoms with Crippen molar-refractivity contribution in [1.29, 1.82) is 0 Å². The van der Waals surface area contributed by atoms with Gasteiger partial charge >= 0.3 is 12.1 Å². The van der Waals surface area contributed by atoms with E-state index in [1.807, 2.05) is 0 Å². The van der Waals surface area contributed by atoms with Crippen LogP contribution in [-0.4, -0.2) is 22.8 Å². The van der Waals surface area contributed by atoms with Gasteiger partial charge in [-0.3, -0.25) is 5.32 Å². The van der Waals surface area contributed by atoms with Gasteiger partial charge in [0.1, 0.15) is 11.4 Å². The number of nitrogens with one attached hydrogen (secondary N) is 1. The topological polar surface area (TPSA) is 84.9 Å². The minimum absolute atomic E-state index is 0.00225. The van der Waals surface area contributed by atoms with Crippen LogP contribution in [0.2, 0.25) is 5.02 Å². The third-order valence-electron chi connectivity index (χ3n) is 2.92. The molecular weight excluding hydrogens is 346 g/mol. The number of halogens is 1. The minimum atomic E-state index is -1.13. The summed E-state index contributed by atoms with van der Waals surface area (Å²) < 4.78 is 10.9. The zero-order valence-corrected chi connectivity index (χ0v) is 14.8. The number of hydrogen-bond donors (Lipinski definition) is 2. The second-order valence-electron chi connectivity index (χ2n) is 6.18. The lowest BCUT2D eigenvalue weighted by Crippen LogP contribution is -2.27. The minimum Gasteiger partial charge on any atom is -0.478 e. The molecule has 0 atom stereocenters. The maximum absolute atomic E-state index is 12.0. The molecule has 0 heterocycles. The molecule has 0 aliphatic rings. The first-order valence-electron chi connectivity index (χ1n) is 7.45. The van der Waals surface area contributed by atoms with Crippen LogP contribution in [0.1, 0.15) is 31.1 Å². The number of carboxylic acids is 1. The number of carbonyl (C=O) groups excluding carboxylic acids is 1. The van der Waals surface area contributed by atoms with E-state index in [2.05, 4.69) is 5.32 Å². The Labute approximate surface area is 150 Å². The van der Waals surface area contributed by atoms with Gasteiger partial charge in [-0.15, -0.1) is 0 Å².